The molecule has 0 amide bonds. The van der Waals surface area contributed by atoms with E-state index in [0.717, 1.165) is 17.5 Å². The van der Waals surface area contributed by atoms with Gasteiger partial charge in [0.15, 0.2) is 5.65 Å². The van der Waals surface area contributed by atoms with Gasteiger partial charge in [-0.15, -0.1) is 0 Å². The van der Waals surface area contributed by atoms with Crippen LogP contribution in [0.4, 0.5) is 5.82 Å². The van der Waals surface area contributed by atoms with E-state index < -0.39 is 0 Å². The van der Waals surface area contributed by atoms with E-state index in [9.17, 15) is 5.11 Å². The molecule has 1 atom stereocenters. The Morgan fingerprint density at radius 2 is 2.29 bits per heavy atom. The van der Waals surface area contributed by atoms with Gasteiger partial charge >= 0.3 is 0 Å². The molecule has 0 spiro atoms. The quantitative estimate of drug-likeness (QED) is 0.890. The molecule has 6 nitrogen and oxygen atoms in total. The van der Waals surface area contributed by atoms with E-state index in [1.54, 1.807) is 4.68 Å². The van der Waals surface area contributed by atoms with Crippen LogP contribution in [0.5, 0.6) is 0 Å². The van der Waals surface area contributed by atoms with Crippen LogP contribution in [0.2, 0.25) is 0 Å². The Kier molecular flexibility index (Phi) is 3.58. The molecular weight excluding hydrogens is 286 g/mol. The number of aliphatic hydroxyl groups is 1. The number of nitrogens with zero attached hydrogens (tertiary/aromatic N) is 4. The van der Waals surface area contributed by atoms with Gasteiger partial charge in [-0.05, 0) is 22.4 Å². The molecule has 0 unspecified atom stereocenters. The molecule has 0 fully saturated rings. The molecule has 17 heavy (non-hydrogen) atoms. The molecule has 0 aromatic carbocycles. The number of rotatable bonds is 4. The van der Waals surface area contributed by atoms with Crippen molar-refractivity contribution in [1.82, 2.24) is 19.7 Å². The molecule has 2 aromatic heterocycles. The predicted octanol–water partition coefficient (Wildman–Crippen LogP) is 1.31. The van der Waals surface area contributed by atoms with Crippen molar-refractivity contribution in [1.29, 1.82) is 0 Å². The van der Waals surface area contributed by atoms with E-state index >= 15 is 0 Å². The van der Waals surface area contributed by atoms with Gasteiger partial charge in [-0.1, -0.05) is 6.92 Å². The average Bonchev–Trinajstić information content (AvgIpc) is 2.63. The third kappa shape index (κ3) is 2.25. The fourth-order valence-corrected chi connectivity index (χ4v) is 2.22. The maximum atomic E-state index is 9.20. The van der Waals surface area contributed by atoms with Crippen LogP contribution in [0.15, 0.2) is 10.9 Å². The van der Waals surface area contributed by atoms with Crippen molar-refractivity contribution in [2.45, 2.75) is 19.4 Å². The van der Waals surface area contributed by atoms with E-state index in [-0.39, 0.29) is 12.6 Å². The lowest BCUT2D eigenvalue weighted by atomic mass is 10.2. The highest BCUT2D eigenvalue weighted by Crippen LogP contribution is 2.27. The van der Waals surface area contributed by atoms with Crippen LogP contribution in [-0.4, -0.2) is 37.5 Å². The molecule has 92 valence electrons. The van der Waals surface area contributed by atoms with Crippen molar-refractivity contribution < 1.29 is 5.11 Å². The molecule has 0 aliphatic rings. The van der Waals surface area contributed by atoms with E-state index in [4.69, 9.17) is 0 Å². The van der Waals surface area contributed by atoms with Crippen molar-refractivity contribution in [3.05, 3.63) is 10.9 Å². The maximum absolute atomic E-state index is 9.20. The minimum atomic E-state index is -0.0137. The van der Waals surface area contributed by atoms with E-state index in [2.05, 4.69) is 36.3 Å². The molecule has 0 bridgehead atoms. The van der Waals surface area contributed by atoms with Crippen LogP contribution in [0.3, 0.4) is 0 Å². The second-order valence-corrected chi connectivity index (χ2v) is 4.52. The van der Waals surface area contributed by atoms with Crippen molar-refractivity contribution in [3.63, 3.8) is 0 Å². The summed E-state index contributed by atoms with van der Waals surface area (Å²) in [4.78, 5) is 8.38. The monoisotopic (exact) mass is 299 g/mol. The number of hydrogen-bond acceptors (Lipinski definition) is 5. The first-order valence-corrected chi connectivity index (χ1v) is 6.17. The normalized spacial score (nSPS) is 12.9. The highest BCUT2D eigenvalue weighted by Gasteiger charge is 2.15. The topological polar surface area (TPSA) is 75.9 Å². The number of nitrogens with one attached hydrogen (secondary N) is 1. The molecule has 0 aliphatic heterocycles. The molecule has 7 heteroatoms. The average molecular weight is 300 g/mol. The van der Waals surface area contributed by atoms with Crippen molar-refractivity contribution in [2.24, 2.45) is 7.05 Å². The number of halogens is 1. The van der Waals surface area contributed by atoms with Gasteiger partial charge in [0.05, 0.1) is 18.0 Å². The number of aliphatic hydroxyl groups excluding tert-OH is 1. The highest BCUT2D eigenvalue weighted by molar-refractivity contribution is 9.10. The van der Waals surface area contributed by atoms with Crippen LogP contribution < -0.4 is 5.32 Å². The van der Waals surface area contributed by atoms with Gasteiger partial charge in [-0.3, -0.25) is 0 Å². The Hall–Kier alpha value is -1.21. The molecule has 2 rings (SSSR count). The molecule has 2 N–H and O–H groups in total. The number of aromatic nitrogens is 4. The Morgan fingerprint density at radius 1 is 1.53 bits per heavy atom. The molecule has 2 aromatic rings. The van der Waals surface area contributed by atoms with Gasteiger partial charge < -0.3 is 10.4 Å². The van der Waals surface area contributed by atoms with Crippen molar-refractivity contribution in [2.75, 3.05) is 11.9 Å². The third-order valence-electron chi connectivity index (χ3n) is 2.63. The second kappa shape index (κ2) is 4.97. The summed E-state index contributed by atoms with van der Waals surface area (Å²) in [5, 5.41) is 17.5. The number of anilines is 1. The van der Waals surface area contributed by atoms with Gasteiger partial charge in [0.2, 0.25) is 0 Å². The maximum Gasteiger partial charge on any atom is 0.164 e. The first-order valence-electron chi connectivity index (χ1n) is 5.38. The fraction of sp³-hybridized carbons (Fsp3) is 0.500. The standard InChI is InChI=1S/C10H14BrN5O/c1-3-6(4-17)14-9-7-8(11)15-16(2)10(7)13-5-12-9/h5-6,17H,3-4H2,1-2H3,(H,12,13,14)/t6-/m0/s1. The van der Waals surface area contributed by atoms with E-state index in [0.29, 0.717) is 10.4 Å². The summed E-state index contributed by atoms with van der Waals surface area (Å²) >= 11 is 3.39. The Bertz CT molecular complexity index is 523. The van der Waals surface area contributed by atoms with Gasteiger partial charge in [0.25, 0.3) is 0 Å². The molecular formula is C10H14BrN5O. The van der Waals surface area contributed by atoms with Crippen LogP contribution in [-0.2, 0) is 7.05 Å². The van der Waals surface area contributed by atoms with Crippen LogP contribution in [0.1, 0.15) is 13.3 Å². The number of aryl methyl sites for hydroxylation is 1. The third-order valence-corrected chi connectivity index (χ3v) is 3.19. The minimum absolute atomic E-state index is 0.0137. The van der Waals surface area contributed by atoms with Crippen LogP contribution >= 0.6 is 15.9 Å². The van der Waals surface area contributed by atoms with Gasteiger partial charge in [-0.2, -0.15) is 5.10 Å². The van der Waals surface area contributed by atoms with Gasteiger partial charge in [0, 0.05) is 7.05 Å². The summed E-state index contributed by atoms with van der Waals surface area (Å²) in [5.41, 5.74) is 0.752. The molecule has 2 heterocycles. The van der Waals surface area contributed by atoms with E-state index in [1.165, 1.54) is 6.33 Å². The fourth-order valence-electron chi connectivity index (χ4n) is 1.62. The highest BCUT2D eigenvalue weighted by atomic mass is 79.9. The zero-order chi connectivity index (χ0) is 12.4. The predicted molar refractivity (Wildman–Crippen MR) is 68.8 cm³/mol. The second-order valence-electron chi connectivity index (χ2n) is 3.77. The summed E-state index contributed by atoms with van der Waals surface area (Å²) in [6, 6.07) is -0.0137. The summed E-state index contributed by atoms with van der Waals surface area (Å²) in [7, 11) is 1.83. The zero-order valence-electron chi connectivity index (χ0n) is 9.68. The van der Waals surface area contributed by atoms with Crippen molar-refractivity contribution >= 4 is 32.8 Å². The summed E-state index contributed by atoms with van der Waals surface area (Å²) in [6.07, 6.45) is 2.31. The Morgan fingerprint density at radius 3 is 2.94 bits per heavy atom. The summed E-state index contributed by atoms with van der Waals surface area (Å²) in [6.45, 7) is 2.07. The van der Waals surface area contributed by atoms with Crippen LogP contribution in [0.25, 0.3) is 11.0 Å². The molecule has 0 saturated heterocycles. The van der Waals surface area contributed by atoms with E-state index in [1.807, 2.05) is 14.0 Å². The Labute approximate surface area is 107 Å². The largest absolute Gasteiger partial charge is 0.394 e. The smallest absolute Gasteiger partial charge is 0.164 e. The summed E-state index contributed by atoms with van der Waals surface area (Å²) in [5.74, 6) is 0.691. The van der Waals surface area contributed by atoms with Gasteiger partial charge in [-0.25, -0.2) is 14.6 Å². The molecule has 0 aliphatic carbocycles. The number of hydrogen-bond donors (Lipinski definition) is 2. The lowest BCUT2D eigenvalue weighted by Gasteiger charge is -2.14. The minimum Gasteiger partial charge on any atom is -0.394 e. The Balaban J connectivity index is 2.47. The summed E-state index contributed by atoms with van der Waals surface area (Å²) < 4.78 is 2.39. The van der Waals surface area contributed by atoms with Crippen molar-refractivity contribution in [3.8, 4) is 0 Å². The molecule has 0 radical (unpaired) electrons. The molecule has 0 saturated carbocycles. The first-order chi connectivity index (χ1) is 8.17. The zero-order valence-corrected chi connectivity index (χ0v) is 11.3. The lowest BCUT2D eigenvalue weighted by Crippen LogP contribution is -2.23. The van der Waals surface area contributed by atoms with Crippen LogP contribution in [0, 0.1) is 0 Å². The first kappa shape index (κ1) is 12.3. The lowest BCUT2D eigenvalue weighted by molar-refractivity contribution is 0.271. The SMILES string of the molecule is CC[C@@H](CO)Nc1ncnc2c1c(Br)nn2C. The van der Waals surface area contributed by atoms with Gasteiger partial charge in [0.1, 0.15) is 16.7 Å². The number of fused-ring (bicyclic) bond motifs is 1.